The van der Waals surface area contributed by atoms with Crippen LogP contribution in [0.3, 0.4) is 0 Å². The van der Waals surface area contributed by atoms with Crippen LogP contribution in [-0.2, 0) is 16.1 Å². The first-order valence-corrected chi connectivity index (χ1v) is 12.9. The lowest BCUT2D eigenvalue weighted by Gasteiger charge is -2.38. The summed E-state index contributed by atoms with van der Waals surface area (Å²) in [7, 11) is 1.59. The summed E-state index contributed by atoms with van der Waals surface area (Å²) in [5.41, 5.74) is 1.99. The van der Waals surface area contributed by atoms with Gasteiger partial charge in [-0.2, -0.15) is 0 Å². The van der Waals surface area contributed by atoms with Gasteiger partial charge in [-0.15, -0.1) is 0 Å². The van der Waals surface area contributed by atoms with Gasteiger partial charge < -0.3 is 29.2 Å². The Morgan fingerprint density at radius 3 is 2.62 bits per heavy atom. The fourth-order valence-corrected chi connectivity index (χ4v) is 4.57. The summed E-state index contributed by atoms with van der Waals surface area (Å²) in [5.74, 6) is 1.35. The zero-order valence-electron chi connectivity index (χ0n) is 21.6. The van der Waals surface area contributed by atoms with Crippen molar-refractivity contribution >= 4 is 11.9 Å². The third-order valence-electron chi connectivity index (χ3n) is 6.50. The van der Waals surface area contributed by atoms with Crippen molar-refractivity contribution in [3.05, 3.63) is 84.2 Å². The average Bonchev–Trinajstić information content (AvgIpc) is 3.40. The molecule has 1 aliphatic heterocycles. The molecule has 37 heavy (non-hydrogen) atoms. The van der Waals surface area contributed by atoms with Gasteiger partial charge in [-0.1, -0.05) is 43.7 Å². The zero-order chi connectivity index (χ0) is 26.0. The molecule has 1 atom stereocenters. The van der Waals surface area contributed by atoms with Crippen molar-refractivity contribution in [3.63, 3.8) is 0 Å². The Labute approximate surface area is 218 Å². The van der Waals surface area contributed by atoms with E-state index in [2.05, 4.69) is 22.9 Å². The molecular weight excluding hydrogens is 468 g/mol. The molecule has 2 aromatic carbocycles. The first-order chi connectivity index (χ1) is 18.1. The molecule has 0 aliphatic carbocycles. The number of unbranched alkanes of at least 4 members (excludes halogenated alkanes) is 1. The number of hydrogen-bond acceptors (Lipinski definition) is 4. The lowest BCUT2D eigenvalue weighted by molar-refractivity contribution is -0.134. The molecule has 1 unspecified atom stereocenters. The van der Waals surface area contributed by atoms with Gasteiger partial charge in [-0.3, -0.25) is 4.79 Å². The fourth-order valence-electron chi connectivity index (χ4n) is 4.57. The van der Waals surface area contributed by atoms with E-state index in [1.165, 1.54) is 0 Å². The summed E-state index contributed by atoms with van der Waals surface area (Å²) in [6, 6.07) is 21.0. The Morgan fingerprint density at radius 1 is 1.03 bits per heavy atom. The van der Waals surface area contributed by atoms with Crippen LogP contribution in [0.1, 0.15) is 37.1 Å². The van der Waals surface area contributed by atoms with Gasteiger partial charge in [0.1, 0.15) is 18.0 Å². The van der Waals surface area contributed by atoms with Crippen molar-refractivity contribution in [3.8, 4) is 11.5 Å². The molecule has 3 amide bonds. The molecule has 0 saturated carbocycles. The Balaban J connectivity index is 1.57. The van der Waals surface area contributed by atoms with E-state index in [1.54, 1.807) is 12.0 Å². The second-order valence-corrected chi connectivity index (χ2v) is 9.10. The molecule has 0 bridgehead atoms. The van der Waals surface area contributed by atoms with Gasteiger partial charge >= 0.3 is 6.03 Å². The minimum atomic E-state index is -0.289. The van der Waals surface area contributed by atoms with Gasteiger partial charge in [0.15, 0.2) is 0 Å². The fraction of sp³-hybridized carbons (Fsp3) is 0.379. The molecule has 0 fully saturated rings. The van der Waals surface area contributed by atoms with Crippen LogP contribution in [0.15, 0.2) is 72.9 Å². The van der Waals surface area contributed by atoms with E-state index in [1.807, 2.05) is 71.8 Å². The van der Waals surface area contributed by atoms with Crippen molar-refractivity contribution in [1.29, 1.82) is 0 Å². The SMILES string of the molecule is CCCCNC(=O)N(CCOC)CC(=O)N1CCn2cccc2C1c1cccc(Oc2ccccc2)c1. The molecular formula is C29H36N4O4. The van der Waals surface area contributed by atoms with Gasteiger partial charge in [0.05, 0.1) is 12.6 Å². The number of amides is 3. The molecule has 1 N–H and O–H groups in total. The van der Waals surface area contributed by atoms with Gasteiger partial charge in [0.25, 0.3) is 0 Å². The topological polar surface area (TPSA) is 76.0 Å². The molecule has 8 nitrogen and oxygen atoms in total. The highest BCUT2D eigenvalue weighted by Gasteiger charge is 2.33. The maximum absolute atomic E-state index is 13.7. The van der Waals surface area contributed by atoms with Gasteiger partial charge in [0.2, 0.25) is 5.91 Å². The van der Waals surface area contributed by atoms with Crippen LogP contribution >= 0.6 is 0 Å². The molecule has 0 spiro atoms. The maximum atomic E-state index is 13.7. The number of rotatable bonds is 11. The van der Waals surface area contributed by atoms with Gasteiger partial charge in [0, 0.05) is 45.2 Å². The lowest BCUT2D eigenvalue weighted by Crippen LogP contribution is -2.50. The Bertz CT molecular complexity index is 1160. The maximum Gasteiger partial charge on any atom is 0.317 e. The highest BCUT2D eigenvalue weighted by molar-refractivity contribution is 5.84. The Morgan fingerprint density at radius 2 is 1.84 bits per heavy atom. The molecule has 0 saturated heterocycles. The molecule has 4 rings (SSSR count). The van der Waals surface area contributed by atoms with Crippen molar-refractivity contribution in [1.82, 2.24) is 19.7 Å². The second-order valence-electron chi connectivity index (χ2n) is 9.10. The molecule has 1 aliphatic rings. The van der Waals surface area contributed by atoms with E-state index in [4.69, 9.17) is 9.47 Å². The van der Waals surface area contributed by atoms with Gasteiger partial charge in [-0.05, 0) is 48.4 Å². The quantitative estimate of drug-likeness (QED) is 0.385. The van der Waals surface area contributed by atoms with Crippen LogP contribution in [0, 0.1) is 0 Å². The minimum Gasteiger partial charge on any atom is -0.457 e. The Kier molecular flexibility index (Phi) is 9.21. The lowest BCUT2D eigenvalue weighted by atomic mass is 9.99. The number of nitrogens with zero attached hydrogens (tertiary/aromatic N) is 3. The van der Waals surface area contributed by atoms with Crippen LogP contribution in [-0.4, -0.2) is 66.2 Å². The molecule has 3 aromatic rings. The zero-order valence-corrected chi connectivity index (χ0v) is 21.6. The van der Waals surface area contributed by atoms with Crippen molar-refractivity contribution in [2.24, 2.45) is 0 Å². The average molecular weight is 505 g/mol. The first kappa shape index (κ1) is 26.3. The monoisotopic (exact) mass is 504 g/mol. The summed E-state index contributed by atoms with van der Waals surface area (Å²) >= 11 is 0. The molecule has 8 heteroatoms. The summed E-state index contributed by atoms with van der Waals surface area (Å²) in [5, 5.41) is 2.93. The van der Waals surface area contributed by atoms with Crippen LogP contribution in [0.25, 0.3) is 0 Å². The van der Waals surface area contributed by atoms with Gasteiger partial charge in [-0.25, -0.2) is 4.79 Å². The first-order valence-electron chi connectivity index (χ1n) is 12.9. The van der Waals surface area contributed by atoms with Crippen LogP contribution < -0.4 is 10.1 Å². The second kappa shape index (κ2) is 13.0. The summed E-state index contributed by atoms with van der Waals surface area (Å²) in [4.78, 5) is 30.0. The molecule has 196 valence electrons. The van der Waals surface area contributed by atoms with E-state index in [-0.39, 0.29) is 24.5 Å². The van der Waals surface area contributed by atoms with E-state index < -0.39 is 0 Å². The summed E-state index contributed by atoms with van der Waals surface area (Å²) in [6.07, 6.45) is 3.92. The number of aromatic nitrogens is 1. The molecule has 2 heterocycles. The van der Waals surface area contributed by atoms with Crippen LogP contribution in [0.2, 0.25) is 0 Å². The number of fused-ring (bicyclic) bond motifs is 1. The Hall–Kier alpha value is -3.78. The number of ether oxygens (including phenoxy) is 2. The predicted octanol–water partition coefficient (Wildman–Crippen LogP) is 4.67. The standard InChI is InChI=1S/C29H36N4O4/c1-3-4-15-30-29(35)32(19-20-36-2)22-27(34)33-18-17-31-16-9-14-26(31)28(33)23-10-8-13-25(21-23)37-24-11-6-5-7-12-24/h5-14,16,21,28H,3-4,15,17-20,22H2,1-2H3,(H,30,35). The summed E-state index contributed by atoms with van der Waals surface area (Å²) < 4.78 is 13.5. The number of benzene rings is 2. The number of carbonyl (C=O) groups is 2. The predicted molar refractivity (Wildman–Crippen MR) is 143 cm³/mol. The van der Waals surface area contributed by atoms with Crippen molar-refractivity contribution < 1.29 is 19.1 Å². The smallest absolute Gasteiger partial charge is 0.317 e. The number of nitrogens with one attached hydrogen (secondary N) is 1. The number of hydrogen-bond donors (Lipinski definition) is 1. The number of carbonyl (C=O) groups excluding carboxylic acids is 2. The van der Waals surface area contributed by atoms with E-state index in [0.717, 1.165) is 29.8 Å². The third kappa shape index (κ3) is 6.71. The van der Waals surface area contributed by atoms with Crippen molar-refractivity contribution in [2.45, 2.75) is 32.4 Å². The third-order valence-corrected chi connectivity index (χ3v) is 6.50. The molecule has 1 aromatic heterocycles. The summed E-state index contributed by atoms with van der Waals surface area (Å²) in [6.45, 7) is 4.59. The van der Waals surface area contributed by atoms with E-state index in [0.29, 0.717) is 38.5 Å². The van der Waals surface area contributed by atoms with Crippen LogP contribution in [0.5, 0.6) is 11.5 Å². The number of para-hydroxylation sites is 1. The highest BCUT2D eigenvalue weighted by Crippen LogP contribution is 2.35. The number of methoxy groups -OCH3 is 1. The largest absolute Gasteiger partial charge is 0.457 e. The number of urea groups is 1. The highest BCUT2D eigenvalue weighted by atomic mass is 16.5. The normalized spacial score (nSPS) is 14.6. The van der Waals surface area contributed by atoms with E-state index >= 15 is 0 Å². The van der Waals surface area contributed by atoms with Crippen molar-refractivity contribution in [2.75, 3.05) is 39.9 Å². The van der Waals surface area contributed by atoms with Crippen LogP contribution in [0.4, 0.5) is 4.79 Å². The molecule has 0 radical (unpaired) electrons. The van der Waals surface area contributed by atoms with E-state index in [9.17, 15) is 9.59 Å². The minimum absolute atomic E-state index is 0.0151.